The zero-order valence-electron chi connectivity index (χ0n) is 14.8. The first-order chi connectivity index (χ1) is 11.7. The molecular formula is C20H23Cl2NO2. The largest absolute Gasteiger partial charge is 0.461 e. The molecule has 0 aliphatic rings. The van der Waals surface area contributed by atoms with Crippen molar-refractivity contribution in [1.82, 2.24) is 0 Å². The van der Waals surface area contributed by atoms with Crippen molar-refractivity contribution >= 4 is 29.2 Å². The van der Waals surface area contributed by atoms with E-state index < -0.39 is 12.0 Å². The molecule has 0 radical (unpaired) electrons. The van der Waals surface area contributed by atoms with Crippen LogP contribution in [0.3, 0.4) is 0 Å². The highest BCUT2D eigenvalue weighted by Gasteiger charge is 2.26. The predicted molar refractivity (Wildman–Crippen MR) is 103 cm³/mol. The Morgan fingerprint density at radius 1 is 0.960 bits per heavy atom. The summed E-state index contributed by atoms with van der Waals surface area (Å²) in [6, 6.07) is 11.0. The molecule has 2 aromatic rings. The van der Waals surface area contributed by atoms with E-state index in [1.165, 1.54) is 0 Å². The van der Waals surface area contributed by atoms with Crippen molar-refractivity contribution in [2.24, 2.45) is 5.73 Å². The fraction of sp³-hybridized carbons (Fsp3) is 0.350. The van der Waals surface area contributed by atoms with Crippen LogP contribution in [-0.4, -0.2) is 18.1 Å². The predicted octanol–water partition coefficient (Wildman–Crippen LogP) is 5.02. The number of carbonyl (C=O) groups is 1. The molecule has 2 atom stereocenters. The molecular weight excluding hydrogens is 357 g/mol. The lowest BCUT2D eigenvalue weighted by Gasteiger charge is -2.26. The Hall–Kier alpha value is -1.55. The molecule has 25 heavy (non-hydrogen) atoms. The summed E-state index contributed by atoms with van der Waals surface area (Å²) >= 11 is 12.3. The van der Waals surface area contributed by atoms with E-state index in [1.54, 1.807) is 6.92 Å². The maximum Gasteiger partial charge on any atom is 0.322 e. The molecule has 0 unspecified atom stereocenters. The second-order valence-corrected chi connectivity index (χ2v) is 7.24. The van der Waals surface area contributed by atoms with Gasteiger partial charge in [0.2, 0.25) is 0 Å². The lowest BCUT2D eigenvalue weighted by molar-refractivity contribution is -0.149. The van der Waals surface area contributed by atoms with Gasteiger partial charge in [-0.25, -0.2) is 0 Å². The first-order valence-electron chi connectivity index (χ1n) is 8.19. The summed E-state index contributed by atoms with van der Waals surface area (Å²) < 4.78 is 5.59. The summed E-state index contributed by atoms with van der Waals surface area (Å²) in [6.45, 7) is 7.39. The number of aryl methyl sites for hydroxylation is 2. The van der Waals surface area contributed by atoms with Crippen LogP contribution in [0.15, 0.2) is 36.4 Å². The molecule has 5 heteroatoms. The number of nitrogens with two attached hydrogens (primary N) is 1. The number of hydrogen-bond acceptors (Lipinski definition) is 3. The van der Waals surface area contributed by atoms with Gasteiger partial charge >= 0.3 is 5.97 Å². The Morgan fingerprint density at radius 3 is 1.76 bits per heavy atom. The van der Waals surface area contributed by atoms with Crippen LogP contribution in [0.4, 0.5) is 0 Å². The summed E-state index contributed by atoms with van der Waals surface area (Å²) in [6.07, 6.45) is -0.389. The van der Waals surface area contributed by atoms with Crippen LogP contribution in [0, 0.1) is 13.8 Å². The average molecular weight is 380 g/mol. The molecule has 0 spiro atoms. The van der Waals surface area contributed by atoms with Crippen molar-refractivity contribution < 1.29 is 9.53 Å². The molecule has 2 N–H and O–H groups in total. The lowest BCUT2D eigenvalue weighted by atomic mass is 9.86. The summed E-state index contributed by atoms with van der Waals surface area (Å²) in [7, 11) is 0. The zero-order valence-corrected chi connectivity index (χ0v) is 16.4. The minimum Gasteiger partial charge on any atom is -0.461 e. The highest BCUT2D eigenvalue weighted by atomic mass is 35.5. The van der Waals surface area contributed by atoms with Crippen LogP contribution in [0.5, 0.6) is 0 Å². The minimum absolute atomic E-state index is 0.144. The van der Waals surface area contributed by atoms with E-state index in [9.17, 15) is 4.79 Å². The molecule has 0 heterocycles. The number of ether oxygens (including phenoxy) is 1. The summed E-state index contributed by atoms with van der Waals surface area (Å²) in [4.78, 5) is 12.0. The third-order valence-electron chi connectivity index (χ3n) is 4.23. The monoisotopic (exact) mass is 379 g/mol. The second kappa shape index (κ2) is 8.22. The lowest BCUT2D eigenvalue weighted by Crippen LogP contribution is -2.33. The van der Waals surface area contributed by atoms with Gasteiger partial charge in [-0.3, -0.25) is 4.79 Å². The van der Waals surface area contributed by atoms with Gasteiger partial charge in [-0.05, 0) is 62.1 Å². The van der Waals surface area contributed by atoms with Gasteiger partial charge < -0.3 is 10.5 Å². The maximum absolute atomic E-state index is 12.0. The van der Waals surface area contributed by atoms with Gasteiger partial charge in [0.05, 0.1) is 0 Å². The van der Waals surface area contributed by atoms with E-state index in [0.717, 1.165) is 22.3 Å². The second-order valence-electron chi connectivity index (χ2n) is 6.43. The van der Waals surface area contributed by atoms with Gasteiger partial charge in [0.25, 0.3) is 0 Å². The number of halogens is 2. The van der Waals surface area contributed by atoms with Gasteiger partial charge in [0, 0.05) is 16.0 Å². The molecule has 0 aliphatic heterocycles. The molecule has 0 saturated heterocycles. The first-order valence-corrected chi connectivity index (χ1v) is 8.94. The molecule has 0 saturated carbocycles. The Kier molecular flexibility index (Phi) is 6.50. The van der Waals surface area contributed by atoms with E-state index in [1.807, 2.05) is 57.2 Å². The molecule has 2 aromatic carbocycles. The Labute approximate surface area is 159 Å². The van der Waals surface area contributed by atoms with Gasteiger partial charge in [-0.2, -0.15) is 0 Å². The SMILES string of the molecule is Cc1cc(C(c2ccc(Cl)c(C)c2)[C@H](C)OC(=O)[C@H](C)N)ccc1Cl. The summed E-state index contributed by atoms with van der Waals surface area (Å²) in [5.41, 5.74) is 9.63. The maximum atomic E-state index is 12.0. The van der Waals surface area contributed by atoms with Crippen LogP contribution >= 0.6 is 23.2 Å². The molecule has 0 fully saturated rings. The number of hydrogen-bond donors (Lipinski definition) is 1. The smallest absolute Gasteiger partial charge is 0.322 e. The Bertz CT molecular complexity index is 723. The molecule has 0 aromatic heterocycles. The molecule has 134 valence electrons. The van der Waals surface area contributed by atoms with Crippen molar-refractivity contribution in [2.75, 3.05) is 0 Å². The highest BCUT2D eigenvalue weighted by molar-refractivity contribution is 6.31. The van der Waals surface area contributed by atoms with E-state index in [0.29, 0.717) is 10.0 Å². The minimum atomic E-state index is -0.665. The Balaban J connectivity index is 2.48. The number of esters is 1. The third-order valence-corrected chi connectivity index (χ3v) is 5.07. The van der Waals surface area contributed by atoms with E-state index in [4.69, 9.17) is 33.7 Å². The van der Waals surface area contributed by atoms with E-state index >= 15 is 0 Å². The normalized spacial score (nSPS) is 13.6. The standard InChI is InChI=1S/C20H23Cl2NO2/c1-11-9-15(5-7-17(11)21)19(14(4)25-20(24)13(3)23)16-6-8-18(22)12(2)10-16/h5-10,13-14,19H,23H2,1-4H3/t13-,14-/m0/s1. The highest BCUT2D eigenvalue weighted by Crippen LogP contribution is 2.33. The number of rotatable bonds is 5. The first kappa shape index (κ1) is 19.8. The summed E-state index contributed by atoms with van der Waals surface area (Å²) in [5.74, 6) is -0.566. The van der Waals surface area contributed by atoms with Crippen LogP contribution in [0.25, 0.3) is 0 Å². The Morgan fingerprint density at radius 2 is 1.40 bits per heavy atom. The number of carbonyl (C=O) groups excluding carboxylic acids is 1. The molecule has 0 aliphatic carbocycles. The summed E-state index contributed by atoms with van der Waals surface area (Å²) in [5, 5.41) is 1.41. The van der Waals surface area contributed by atoms with Crippen molar-refractivity contribution in [3.05, 3.63) is 68.7 Å². The average Bonchev–Trinajstić information content (AvgIpc) is 2.54. The van der Waals surface area contributed by atoms with Gasteiger partial charge in [-0.1, -0.05) is 47.5 Å². The molecule has 0 amide bonds. The van der Waals surface area contributed by atoms with Crippen molar-refractivity contribution in [3.63, 3.8) is 0 Å². The fourth-order valence-corrected chi connectivity index (χ4v) is 3.05. The van der Waals surface area contributed by atoms with Crippen molar-refractivity contribution in [3.8, 4) is 0 Å². The van der Waals surface area contributed by atoms with Crippen LogP contribution in [0.1, 0.15) is 42.0 Å². The quantitative estimate of drug-likeness (QED) is 0.741. The molecule has 2 rings (SSSR count). The van der Waals surface area contributed by atoms with Crippen molar-refractivity contribution in [1.29, 1.82) is 0 Å². The van der Waals surface area contributed by atoms with Gasteiger partial charge in [0.15, 0.2) is 0 Å². The zero-order chi connectivity index (χ0) is 18.7. The fourth-order valence-electron chi connectivity index (χ4n) is 2.82. The van der Waals surface area contributed by atoms with Gasteiger partial charge in [0.1, 0.15) is 12.1 Å². The van der Waals surface area contributed by atoms with Gasteiger partial charge in [-0.15, -0.1) is 0 Å². The van der Waals surface area contributed by atoms with Crippen molar-refractivity contribution in [2.45, 2.75) is 45.8 Å². The van der Waals surface area contributed by atoms with Crippen LogP contribution in [-0.2, 0) is 9.53 Å². The topological polar surface area (TPSA) is 52.3 Å². The third kappa shape index (κ3) is 4.75. The molecule has 3 nitrogen and oxygen atoms in total. The molecule has 0 bridgehead atoms. The number of benzene rings is 2. The van der Waals surface area contributed by atoms with E-state index in [-0.39, 0.29) is 12.0 Å². The van der Waals surface area contributed by atoms with E-state index in [2.05, 4.69) is 0 Å². The van der Waals surface area contributed by atoms with Crippen LogP contribution in [0.2, 0.25) is 10.0 Å². The van der Waals surface area contributed by atoms with Crippen LogP contribution < -0.4 is 5.73 Å².